The third-order valence-corrected chi connectivity index (χ3v) is 5.26. The summed E-state index contributed by atoms with van der Waals surface area (Å²) in [5.74, 6) is -1.30. The first kappa shape index (κ1) is 26.3. The SMILES string of the molecule is CC(C)OC(=O)[C@@H](NC(=O)[C@@H](Cc1c[nH]c2ccccc12)NC(=O)OC(C)(C)C)[C@@H]1CC(Cl)=NO1. The van der Waals surface area contributed by atoms with E-state index in [9.17, 15) is 14.4 Å². The minimum Gasteiger partial charge on any atom is -0.461 e. The third-order valence-electron chi connectivity index (χ3n) is 5.04. The second-order valence-electron chi connectivity index (χ2n) is 9.55. The maximum atomic E-state index is 13.4. The molecule has 1 aliphatic heterocycles. The predicted octanol–water partition coefficient (Wildman–Crippen LogP) is 3.38. The summed E-state index contributed by atoms with van der Waals surface area (Å²) in [6.07, 6.45) is 0.0348. The van der Waals surface area contributed by atoms with Crippen molar-refractivity contribution >= 4 is 45.6 Å². The second kappa shape index (κ2) is 11.0. The number of ether oxygens (including phenoxy) is 2. The molecule has 0 aliphatic carbocycles. The second-order valence-corrected chi connectivity index (χ2v) is 9.99. The number of carbonyl (C=O) groups excluding carboxylic acids is 3. The fraction of sp³-hybridized carbons (Fsp3) is 0.500. The number of hydrogen-bond acceptors (Lipinski definition) is 7. The van der Waals surface area contributed by atoms with Crippen LogP contribution in [0.4, 0.5) is 4.79 Å². The zero-order valence-corrected chi connectivity index (χ0v) is 21.1. The molecule has 0 unspecified atom stereocenters. The highest BCUT2D eigenvalue weighted by atomic mass is 35.5. The van der Waals surface area contributed by atoms with E-state index in [2.05, 4.69) is 20.8 Å². The summed E-state index contributed by atoms with van der Waals surface area (Å²) in [7, 11) is 0. The molecule has 3 atom stereocenters. The molecule has 1 aromatic carbocycles. The number of amides is 2. The maximum Gasteiger partial charge on any atom is 0.408 e. The van der Waals surface area contributed by atoms with Crippen molar-refractivity contribution in [2.75, 3.05) is 0 Å². The molecule has 10 nitrogen and oxygen atoms in total. The van der Waals surface area contributed by atoms with E-state index in [4.69, 9.17) is 25.9 Å². The van der Waals surface area contributed by atoms with Gasteiger partial charge in [-0.25, -0.2) is 9.59 Å². The number of esters is 1. The van der Waals surface area contributed by atoms with E-state index in [1.807, 2.05) is 24.3 Å². The number of nitrogens with zero attached hydrogens (tertiary/aromatic N) is 1. The van der Waals surface area contributed by atoms with Gasteiger partial charge in [0.2, 0.25) is 5.91 Å². The molecule has 1 aliphatic rings. The first-order valence-electron chi connectivity index (χ1n) is 11.4. The summed E-state index contributed by atoms with van der Waals surface area (Å²) in [5, 5.41) is 10.0. The Balaban J connectivity index is 1.84. The molecule has 11 heteroatoms. The first-order chi connectivity index (χ1) is 16.4. The highest BCUT2D eigenvalue weighted by molar-refractivity contribution is 6.65. The van der Waals surface area contributed by atoms with Gasteiger partial charge in [-0.3, -0.25) is 4.79 Å². The van der Waals surface area contributed by atoms with E-state index in [1.54, 1.807) is 40.8 Å². The summed E-state index contributed by atoms with van der Waals surface area (Å²) in [6.45, 7) is 8.56. The minimum absolute atomic E-state index is 0.131. The molecule has 35 heavy (non-hydrogen) atoms. The largest absolute Gasteiger partial charge is 0.461 e. The fourth-order valence-electron chi connectivity index (χ4n) is 3.59. The van der Waals surface area contributed by atoms with E-state index >= 15 is 0 Å². The van der Waals surface area contributed by atoms with E-state index in [0.717, 1.165) is 16.5 Å². The number of para-hydroxylation sites is 1. The van der Waals surface area contributed by atoms with Gasteiger partial charge in [0.25, 0.3) is 0 Å². The Morgan fingerprint density at radius 2 is 1.94 bits per heavy atom. The molecule has 0 fully saturated rings. The Bertz CT molecular complexity index is 1110. The van der Waals surface area contributed by atoms with Gasteiger partial charge in [0.05, 0.1) is 6.10 Å². The number of H-pyrrole nitrogens is 1. The highest BCUT2D eigenvalue weighted by Crippen LogP contribution is 2.21. The third kappa shape index (κ3) is 7.35. The van der Waals surface area contributed by atoms with Crippen molar-refractivity contribution in [2.24, 2.45) is 5.16 Å². The molecule has 0 bridgehead atoms. The topological polar surface area (TPSA) is 131 Å². The van der Waals surface area contributed by atoms with Crippen LogP contribution in [0.3, 0.4) is 0 Å². The average molecular weight is 507 g/mol. The lowest BCUT2D eigenvalue weighted by Crippen LogP contribution is -2.56. The highest BCUT2D eigenvalue weighted by Gasteiger charge is 2.39. The number of aromatic amines is 1. The summed E-state index contributed by atoms with van der Waals surface area (Å²) in [4.78, 5) is 47.2. The molecule has 2 aromatic rings. The fourth-order valence-corrected chi connectivity index (χ4v) is 3.78. The molecule has 1 aromatic heterocycles. The number of oxime groups is 1. The lowest BCUT2D eigenvalue weighted by atomic mass is 10.0. The molecule has 2 heterocycles. The molecule has 2 amide bonds. The van der Waals surface area contributed by atoms with Crippen molar-refractivity contribution in [1.29, 1.82) is 0 Å². The molecule has 3 N–H and O–H groups in total. The smallest absolute Gasteiger partial charge is 0.408 e. The Morgan fingerprint density at radius 3 is 2.57 bits per heavy atom. The van der Waals surface area contributed by atoms with Gasteiger partial charge in [-0.2, -0.15) is 0 Å². The van der Waals surface area contributed by atoms with Crippen molar-refractivity contribution in [1.82, 2.24) is 15.6 Å². The summed E-state index contributed by atoms with van der Waals surface area (Å²) >= 11 is 5.92. The molecular formula is C24H31ClN4O6. The van der Waals surface area contributed by atoms with Crippen LogP contribution in [-0.2, 0) is 30.3 Å². The normalized spacial score (nSPS) is 17.3. The van der Waals surface area contributed by atoms with Gasteiger partial charge < -0.3 is 29.9 Å². The average Bonchev–Trinajstić information content (AvgIpc) is 3.35. The van der Waals surface area contributed by atoms with Crippen molar-refractivity contribution < 1.29 is 28.7 Å². The van der Waals surface area contributed by atoms with Crippen molar-refractivity contribution in [3.8, 4) is 0 Å². The maximum absolute atomic E-state index is 13.4. The zero-order chi connectivity index (χ0) is 25.8. The van der Waals surface area contributed by atoms with Crippen molar-refractivity contribution in [3.63, 3.8) is 0 Å². The van der Waals surface area contributed by atoms with Gasteiger partial charge in [-0.1, -0.05) is 35.0 Å². The Hall–Kier alpha value is -3.27. The van der Waals surface area contributed by atoms with Crippen LogP contribution in [0, 0.1) is 0 Å². The van der Waals surface area contributed by atoms with Gasteiger partial charge >= 0.3 is 12.1 Å². The number of carbonyl (C=O) groups is 3. The Labute approximate surface area is 208 Å². The van der Waals surface area contributed by atoms with Crippen LogP contribution in [0.5, 0.6) is 0 Å². The number of nitrogens with one attached hydrogen (secondary N) is 3. The van der Waals surface area contributed by atoms with E-state index < -0.39 is 47.9 Å². The van der Waals surface area contributed by atoms with Crippen molar-refractivity contribution in [2.45, 2.75) is 77.4 Å². The lowest BCUT2D eigenvalue weighted by Gasteiger charge is -2.26. The van der Waals surface area contributed by atoms with Crippen LogP contribution in [-0.4, -0.2) is 58.0 Å². The van der Waals surface area contributed by atoms with E-state index in [1.165, 1.54) is 0 Å². The van der Waals surface area contributed by atoms with Crippen LogP contribution in [0.2, 0.25) is 0 Å². The van der Waals surface area contributed by atoms with Crippen LogP contribution < -0.4 is 10.6 Å². The molecular weight excluding hydrogens is 476 g/mol. The molecule has 0 saturated heterocycles. The predicted molar refractivity (Wildman–Crippen MR) is 131 cm³/mol. The Kier molecular flexibility index (Phi) is 8.26. The Morgan fingerprint density at radius 1 is 1.23 bits per heavy atom. The molecule has 3 rings (SSSR count). The number of alkyl carbamates (subject to hydrolysis) is 1. The lowest BCUT2D eigenvalue weighted by molar-refractivity contribution is -0.155. The number of fused-ring (bicyclic) bond motifs is 1. The first-order valence-corrected chi connectivity index (χ1v) is 11.7. The summed E-state index contributed by atoms with van der Waals surface area (Å²) in [5.41, 5.74) is 0.937. The van der Waals surface area contributed by atoms with Crippen LogP contribution in [0.25, 0.3) is 10.9 Å². The van der Waals surface area contributed by atoms with Gasteiger partial charge in [0.15, 0.2) is 12.1 Å². The van der Waals surface area contributed by atoms with Gasteiger partial charge in [0, 0.05) is 29.9 Å². The standard InChI is InChI=1S/C24H31ClN4O6/c1-13(2)33-22(31)20(18-11-19(25)29-35-18)28-21(30)17(27-23(32)34-24(3,4)5)10-14-12-26-16-9-7-6-8-15(14)16/h6-9,12-13,17-18,20,26H,10-11H2,1-5H3,(H,27,32)(H,28,30)/t17-,18+,20+/m1/s1. The number of halogens is 1. The minimum atomic E-state index is -1.18. The molecule has 0 saturated carbocycles. The van der Waals surface area contributed by atoms with Gasteiger partial charge in [-0.05, 0) is 46.2 Å². The van der Waals surface area contributed by atoms with E-state index in [-0.39, 0.29) is 18.0 Å². The number of rotatable bonds is 8. The van der Waals surface area contributed by atoms with Gasteiger partial charge in [-0.15, -0.1) is 0 Å². The van der Waals surface area contributed by atoms with Crippen LogP contribution in [0.15, 0.2) is 35.6 Å². The van der Waals surface area contributed by atoms with Crippen molar-refractivity contribution in [3.05, 3.63) is 36.0 Å². The summed E-state index contributed by atoms with van der Waals surface area (Å²) in [6, 6.07) is 5.36. The zero-order valence-electron chi connectivity index (χ0n) is 20.4. The number of hydrogen-bond donors (Lipinski definition) is 3. The molecule has 0 radical (unpaired) electrons. The number of aromatic nitrogens is 1. The quantitative estimate of drug-likeness (QED) is 0.470. The number of benzene rings is 1. The van der Waals surface area contributed by atoms with E-state index in [0.29, 0.717) is 0 Å². The van der Waals surface area contributed by atoms with Crippen LogP contribution in [0.1, 0.15) is 46.6 Å². The molecule has 0 spiro atoms. The van der Waals surface area contributed by atoms with Gasteiger partial charge in [0.1, 0.15) is 16.8 Å². The summed E-state index contributed by atoms with van der Waals surface area (Å²) < 4.78 is 10.7. The molecule has 190 valence electrons. The van der Waals surface area contributed by atoms with Crippen LogP contribution >= 0.6 is 11.6 Å². The monoisotopic (exact) mass is 506 g/mol.